The third kappa shape index (κ3) is 5.09. The molecular weight excluding hydrogens is 252 g/mol. The van der Waals surface area contributed by atoms with Crippen LogP contribution in [0.15, 0.2) is 17.5 Å². The van der Waals surface area contributed by atoms with Crippen LogP contribution in [0.5, 0.6) is 0 Å². The molecule has 0 fully saturated rings. The van der Waals surface area contributed by atoms with Gasteiger partial charge in [-0.2, -0.15) is 0 Å². The standard InChI is InChI=1S/C12H16N2O3S/c1-13-11(16)6-7-14-12(17)5-4-9(15)10-3-2-8-18-10/h2-3,8H,4-7H2,1H3,(H,13,16)(H,14,17). The van der Waals surface area contributed by atoms with Crippen LogP contribution in [-0.4, -0.2) is 31.2 Å². The van der Waals surface area contributed by atoms with Gasteiger partial charge in [-0.15, -0.1) is 11.3 Å². The van der Waals surface area contributed by atoms with Crippen LogP contribution < -0.4 is 10.6 Å². The molecule has 6 heteroatoms. The first-order chi connectivity index (χ1) is 8.63. The van der Waals surface area contributed by atoms with Crippen molar-refractivity contribution in [1.29, 1.82) is 0 Å². The molecule has 0 saturated heterocycles. The molecule has 0 aromatic carbocycles. The Hall–Kier alpha value is -1.69. The highest BCUT2D eigenvalue weighted by Crippen LogP contribution is 2.12. The number of ketones is 1. The highest BCUT2D eigenvalue weighted by Gasteiger charge is 2.09. The van der Waals surface area contributed by atoms with Crippen LogP contribution in [-0.2, 0) is 9.59 Å². The zero-order valence-corrected chi connectivity index (χ0v) is 11.0. The summed E-state index contributed by atoms with van der Waals surface area (Å²) < 4.78 is 0. The van der Waals surface area contributed by atoms with Crippen molar-refractivity contribution in [1.82, 2.24) is 10.6 Å². The maximum Gasteiger partial charge on any atom is 0.221 e. The molecule has 18 heavy (non-hydrogen) atoms. The number of hydrogen-bond acceptors (Lipinski definition) is 4. The fourth-order valence-corrected chi connectivity index (χ4v) is 2.01. The van der Waals surface area contributed by atoms with Gasteiger partial charge in [0.25, 0.3) is 0 Å². The van der Waals surface area contributed by atoms with E-state index in [4.69, 9.17) is 0 Å². The Bertz CT molecular complexity index is 415. The summed E-state index contributed by atoms with van der Waals surface area (Å²) in [6.07, 6.45) is 0.609. The first kappa shape index (κ1) is 14.4. The van der Waals surface area contributed by atoms with E-state index in [1.54, 1.807) is 19.2 Å². The van der Waals surface area contributed by atoms with Gasteiger partial charge in [0, 0.05) is 32.9 Å². The summed E-state index contributed by atoms with van der Waals surface area (Å²) in [6.45, 7) is 0.297. The second-order valence-corrected chi connectivity index (χ2v) is 4.62. The Morgan fingerprint density at radius 2 is 1.94 bits per heavy atom. The van der Waals surface area contributed by atoms with Gasteiger partial charge >= 0.3 is 0 Å². The van der Waals surface area contributed by atoms with Crippen LogP contribution >= 0.6 is 11.3 Å². The van der Waals surface area contributed by atoms with Gasteiger partial charge in [0.05, 0.1) is 4.88 Å². The van der Waals surface area contributed by atoms with Gasteiger partial charge < -0.3 is 10.6 Å². The number of nitrogens with one attached hydrogen (secondary N) is 2. The molecule has 0 saturated carbocycles. The van der Waals surface area contributed by atoms with Crippen molar-refractivity contribution in [3.8, 4) is 0 Å². The van der Waals surface area contributed by atoms with E-state index in [1.165, 1.54) is 11.3 Å². The largest absolute Gasteiger partial charge is 0.359 e. The lowest BCUT2D eigenvalue weighted by molar-refractivity contribution is -0.122. The van der Waals surface area contributed by atoms with E-state index < -0.39 is 0 Å². The molecule has 1 aromatic rings. The predicted octanol–water partition coefficient (Wildman–Crippen LogP) is 0.963. The Morgan fingerprint density at radius 1 is 1.17 bits per heavy atom. The van der Waals surface area contributed by atoms with Crippen LogP contribution in [0.2, 0.25) is 0 Å². The third-order valence-corrected chi connectivity index (χ3v) is 3.24. The van der Waals surface area contributed by atoms with E-state index in [1.807, 2.05) is 5.38 Å². The first-order valence-corrected chi connectivity index (χ1v) is 6.55. The summed E-state index contributed by atoms with van der Waals surface area (Å²) in [5, 5.41) is 6.89. The molecule has 0 unspecified atom stereocenters. The van der Waals surface area contributed by atoms with Crippen molar-refractivity contribution in [2.75, 3.05) is 13.6 Å². The predicted molar refractivity (Wildman–Crippen MR) is 69.6 cm³/mol. The average molecular weight is 268 g/mol. The molecule has 98 valence electrons. The number of amides is 2. The van der Waals surface area contributed by atoms with Crippen molar-refractivity contribution < 1.29 is 14.4 Å². The molecule has 0 bridgehead atoms. The van der Waals surface area contributed by atoms with Gasteiger partial charge in [-0.1, -0.05) is 6.07 Å². The fourth-order valence-electron chi connectivity index (χ4n) is 1.32. The van der Waals surface area contributed by atoms with E-state index in [0.29, 0.717) is 11.4 Å². The lowest BCUT2D eigenvalue weighted by Gasteiger charge is -2.03. The number of carbonyl (C=O) groups excluding carboxylic acids is 3. The minimum Gasteiger partial charge on any atom is -0.359 e. The first-order valence-electron chi connectivity index (χ1n) is 5.67. The van der Waals surface area contributed by atoms with Crippen LogP contribution in [0.1, 0.15) is 28.9 Å². The van der Waals surface area contributed by atoms with E-state index >= 15 is 0 Å². The third-order valence-electron chi connectivity index (χ3n) is 2.33. The van der Waals surface area contributed by atoms with E-state index in [2.05, 4.69) is 10.6 Å². The molecule has 0 spiro atoms. The van der Waals surface area contributed by atoms with Gasteiger partial charge in [-0.05, 0) is 11.4 Å². The smallest absolute Gasteiger partial charge is 0.221 e. The molecule has 0 atom stereocenters. The van der Waals surface area contributed by atoms with Crippen molar-refractivity contribution >= 4 is 28.9 Å². The summed E-state index contributed by atoms with van der Waals surface area (Å²) in [4.78, 5) is 34.6. The molecular formula is C12H16N2O3S. The zero-order valence-electron chi connectivity index (χ0n) is 10.2. The van der Waals surface area contributed by atoms with Gasteiger partial charge in [-0.3, -0.25) is 14.4 Å². The fraction of sp³-hybridized carbons (Fsp3) is 0.417. The SMILES string of the molecule is CNC(=O)CCNC(=O)CCC(=O)c1cccs1. The van der Waals surface area contributed by atoms with Crippen LogP contribution in [0.4, 0.5) is 0 Å². The lowest BCUT2D eigenvalue weighted by Crippen LogP contribution is -2.29. The highest BCUT2D eigenvalue weighted by molar-refractivity contribution is 7.12. The molecule has 1 aromatic heterocycles. The number of thiophene rings is 1. The molecule has 2 amide bonds. The second kappa shape index (κ2) is 7.60. The van der Waals surface area contributed by atoms with Gasteiger partial charge in [0.15, 0.2) is 5.78 Å². The lowest BCUT2D eigenvalue weighted by atomic mass is 10.2. The molecule has 1 rings (SSSR count). The normalized spacial score (nSPS) is 9.83. The maximum absolute atomic E-state index is 11.6. The average Bonchev–Trinajstić information content (AvgIpc) is 2.89. The molecule has 0 radical (unpaired) electrons. The number of rotatable bonds is 7. The maximum atomic E-state index is 11.6. The topological polar surface area (TPSA) is 75.3 Å². The monoisotopic (exact) mass is 268 g/mol. The Morgan fingerprint density at radius 3 is 2.56 bits per heavy atom. The molecule has 0 aliphatic heterocycles. The van der Waals surface area contributed by atoms with Gasteiger partial charge in [0.2, 0.25) is 11.8 Å². The Kier molecular flexibility index (Phi) is 6.07. The summed E-state index contributed by atoms with van der Waals surface area (Å²) >= 11 is 1.37. The summed E-state index contributed by atoms with van der Waals surface area (Å²) in [7, 11) is 1.55. The highest BCUT2D eigenvalue weighted by atomic mass is 32.1. The summed E-state index contributed by atoms with van der Waals surface area (Å²) in [5.74, 6) is -0.347. The van der Waals surface area contributed by atoms with Gasteiger partial charge in [0.1, 0.15) is 0 Å². The minimum absolute atomic E-state index is 0.0218. The molecule has 2 N–H and O–H groups in total. The molecule has 5 nitrogen and oxygen atoms in total. The van der Waals surface area contributed by atoms with Crippen molar-refractivity contribution in [3.05, 3.63) is 22.4 Å². The second-order valence-electron chi connectivity index (χ2n) is 3.67. The van der Waals surface area contributed by atoms with Crippen LogP contribution in [0.3, 0.4) is 0 Å². The quantitative estimate of drug-likeness (QED) is 0.723. The zero-order chi connectivity index (χ0) is 13.4. The number of Topliss-reactive ketones (excluding diaryl/α,β-unsaturated/α-hetero) is 1. The molecule has 0 aliphatic rings. The van der Waals surface area contributed by atoms with Gasteiger partial charge in [-0.25, -0.2) is 0 Å². The summed E-state index contributed by atoms with van der Waals surface area (Å²) in [6, 6.07) is 3.55. The van der Waals surface area contributed by atoms with E-state index in [0.717, 1.165) is 0 Å². The van der Waals surface area contributed by atoms with Crippen molar-refractivity contribution in [3.63, 3.8) is 0 Å². The van der Waals surface area contributed by atoms with Crippen molar-refractivity contribution in [2.24, 2.45) is 0 Å². The molecule has 1 heterocycles. The minimum atomic E-state index is -0.205. The number of hydrogen-bond donors (Lipinski definition) is 2. The molecule has 0 aliphatic carbocycles. The van der Waals surface area contributed by atoms with Crippen LogP contribution in [0, 0.1) is 0 Å². The summed E-state index contributed by atoms with van der Waals surface area (Å²) in [5.41, 5.74) is 0. The van der Waals surface area contributed by atoms with Crippen molar-refractivity contribution in [2.45, 2.75) is 19.3 Å². The Balaban J connectivity index is 2.17. The van der Waals surface area contributed by atoms with E-state index in [9.17, 15) is 14.4 Å². The number of carbonyl (C=O) groups is 3. The van der Waals surface area contributed by atoms with Crippen LogP contribution in [0.25, 0.3) is 0 Å². The Labute approximate surface area is 110 Å². The van der Waals surface area contributed by atoms with E-state index in [-0.39, 0.29) is 36.9 Å².